The number of β-lactam (4-membered cyclic amide) rings is 1. The van der Waals surface area contributed by atoms with Gasteiger partial charge in [-0.2, -0.15) is 9.36 Å². The van der Waals surface area contributed by atoms with E-state index in [1.807, 2.05) is 0 Å². The van der Waals surface area contributed by atoms with E-state index in [0.29, 0.717) is 15.0 Å². The molecular formula is C13H10N8O5S4. The van der Waals surface area contributed by atoms with Crippen molar-refractivity contribution in [2.45, 2.75) is 15.8 Å². The minimum Gasteiger partial charge on any atom is -0.477 e. The summed E-state index contributed by atoms with van der Waals surface area (Å²) in [7, 11) is 0. The number of nitrogens with one attached hydrogen (secondary N) is 1. The smallest absolute Gasteiger partial charge is 0.353 e. The Labute approximate surface area is 183 Å². The summed E-state index contributed by atoms with van der Waals surface area (Å²) in [5, 5.41) is 31.2. The van der Waals surface area contributed by atoms with Crippen LogP contribution in [-0.2, 0) is 14.4 Å². The van der Waals surface area contributed by atoms with Crippen LogP contribution in [0.3, 0.4) is 0 Å². The van der Waals surface area contributed by atoms with Crippen LogP contribution >= 0.6 is 46.4 Å². The van der Waals surface area contributed by atoms with Gasteiger partial charge in [-0.1, -0.05) is 28.3 Å². The number of nitrogens with two attached hydrogens (primary N) is 1. The third kappa shape index (κ3) is 3.59. The van der Waals surface area contributed by atoms with Gasteiger partial charge in [0.25, 0.3) is 11.8 Å². The number of thioether (sulfide) groups is 2. The van der Waals surface area contributed by atoms with Gasteiger partial charge in [-0.05, 0) is 0 Å². The third-order valence-corrected chi connectivity index (χ3v) is 7.81. The summed E-state index contributed by atoms with van der Waals surface area (Å²) in [5.74, 6) is -2.62. The number of rotatable bonds is 6. The minimum absolute atomic E-state index is 0.0735. The summed E-state index contributed by atoms with van der Waals surface area (Å²) >= 11 is 4.49. The maximum atomic E-state index is 12.7. The lowest BCUT2D eigenvalue weighted by Gasteiger charge is -2.49. The number of carbonyl (C=O) groups excluding carboxylic acids is 2. The van der Waals surface area contributed by atoms with Crippen LogP contribution in [0.2, 0.25) is 0 Å². The second-order valence-corrected chi connectivity index (χ2v) is 9.71. The quantitative estimate of drug-likeness (QED) is 0.179. The average molecular weight is 487 g/mol. The molecule has 0 aromatic carbocycles. The zero-order valence-electron chi connectivity index (χ0n) is 14.5. The minimum atomic E-state index is -1.26. The van der Waals surface area contributed by atoms with Crippen LogP contribution in [0.4, 0.5) is 5.13 Å². The largest absolute Gasteiger partial charge is 0.477 e. The number of hydrogen-bond acceptors (Lipinski definition) is 14. The number of fused-ring (bicyclic) bond motifs is 1. The summed E-state index contributed by atoms with van der Waals surface area (Å²) in [6.45, 7) is 0. The predicted molar refractivity (Wildman–Crippen MR) is 108 cm³/mol. The second-order valence-electron chi connectivity index (χ2n) is 5.65. The van der Waals surface area contributed by atoms with Gasteiger partial charge in [0.05, 0.1) is 0 Å². The fourth-order valence-electron chi connectivity index (χ4n) is 2.71. The van der Waals surface area contributed by atoms with E-state index >= 15 is 0 Å². The first-order valence-corrected chi connectivity index (χ1v) is 11.4. The molecule has 0 radical (unpaired) electrons. The number of amides is 2. The first-order chi connectivity index (χ1) is 14.4. The van der Waals surface area contributed by atoms with Crippen LogP contribution < -0.4 is 11.1 Å². The molecule has 1 saturated heterocycles. The van der Waals surface area contributed by atoms with Crippen molar-refractivity contribution in [2.24, 2.45) is 5.16 Å². The number of nitrogen functional groups attached to an aromatic ring is 1. The van der Waals surface area contributed by atoms with Gasteiger partial charge < -0.3 is 21.4 Å². The molecule has 1 fully saturated rings. The Kier molecular flexibility index (Phi) is 5.58. The van der Waals surface area contributed by atoms with Crippen molar-refractivity contribution in [3.05, 3.63) is 21.9 Å². The number of oxime groups is 1. The lowest BCUT2D eigenvalue weighted by atomic mass is 10.0. The highest BCUT2D eigenvalue weighted by Gasteiger charge is 2.54. The molecular weight excluding hydrogens is 476 g/mol. The molecule has 1 unspecified atom stereocenters. The molecule has 5 N–H and O–H groups in total. The van der Waals surface area contributed by atoms with Crippen LogP contribution in [0.15, 0.2) is 25.6 Å². The molecule has 0 bridgehead atoms. The molecule has 2 aromatic rings. The van der Waals surface area contributed by atoms with E-state index in [9.17, 15) is 19.5 Å². The number of aromatic nitrogens is 4. The molecule has 2 amide bonds. The van der Waals surface area contributed by atoms with Gasteiger partial charge in [0.15, 0.2) is 9.47 Å². The van der Waals surface area contributed by atoms with Crippen LogP contribution in [0, 0.1) is 0 Å². The highest BCUT2D eigenvalue weighted by molar-refractivity contribution is 8.07. The Morgan fingerprint density at radius 3 is 2.83 bits per heavy atom. The van der Waals surface area contributed by atoms with Crippen LogP contribution in [0.25, 0.3) is 0 Å². The maximum Gasteiger partial charge on any atom is 0.353 e. The Hall–Kier alpha value is -2.76. The molecule has 0 aliphatic carbocycles. The molecule has 0 saturated carbocycles. The maximum absolute atomic E-state index is 12.7. The number of carbonyl (C=O) groups is 3. The molecule has 0 spiro atoms. The van der Waals surface area contributed by atoms with Crippen LogP contribution in [0.1, 0.15) is 5.82 Å². The summed E-state index contributed by atoms with van der Waals surface area (Å²) < 4.78 is 4.35. The second kappa shape index (κ2) is 8.17. The van der Waals surface area contributed by atoms with E-state index in [0.717, 1.165) is 28.2 Å². The Balaban J connectivity index is 1.52. The summed E-state index contributed by atoms with van der Waals surface area (Å²) in [4.78, 5) is 42.3. The van der Waals surface area contributed by atoms with Gasteiger partial charge in [0.1, 0.15) is 22.6 Å². The fourth-order valence-corrected chi connectivity index (χ4v) is 6.27. The van der Waals surface area contributed by atoms with Crippen molar-refractivity contribution in [1.82, 2.24) is 29.8 Å². The zero-order chi connectivity index (χ0) is 21.4. The van der Waals surface area contributed by atoms with Crippen molar-refractivity contribution in [3.8, 4) is 0 Å². The van der Waals surface area contributed by atoms with Gasteiger partial charge in [-0.25, -0.2) is 4.79 Å². The van der Waals surface area contributed by atoms with Gasteiger partial charge in [-0.3, -0.25) is 14.5 Å². The number of carboxylic acid groups (broad SMARTS) is 1. The van der Waals surface area contributed by atoms with Crippen molar-refractivity contribution in [3.63, 3.8) is 0 Å². The van der Waals surface area contributed by atoms with E-state index < -0.39 is 34.9 Å². The van der Waals surface area contributed by atoms with E-state index in [1.54, 1.807) is 0 Å². The zero-order valence-corrected chi connectivity index (χ0v) is 17.7. The molecule has 2 aromatic heterocycles. The molecule has 4 heterocycles. The number of hydrogen-bond donors (Lipinski definition) is 4. The molecule has 30 heavy (non-hydrogen) atoms. The molecule has 2 aliphatic rings. The Morgan fingerprint density at radius 2 is 2.23 bits per heavy atom. The fraction of sp³-hybridized carbons (Fsp3) is 0.231. The lowest BCUT2D eigenvalue weighted by molar-refractivity contribution is -0.150. The molecule has 4 rings (SSSR count). The molecule has 156 valence electrons. The van der Waals surface area contributed by atoms with Gasteiger partial charge in [-0.15, -0.1) is 22.0 Å². The van der Waals surface area contributed by atoms with E-state index in [4.69, 9.17) is 10.9 Å². The van der Waals surface area contributed by atoms with E-state index in [1.165, 1.54) is 28.6 Å². The van der Waals surface area contributed by atoms with Gasteiger partial charge >= 0.3 is 5.97 Å². The van der Waals surface area contributed by atoms with Crippen molar-refractivity contribution in [2.75, 3.05) is 11.5 Å². The standard InChI is InChI=1S/C13H10N8O5S4/c14-12-17-7(20-30-12)4(19-26)8(22)16-5-9(23)21-6(11(24)25)3(1-27-10(5)21)29-13-18-15-2-28-13/h2,5,10,26H,1H2,(H,16,22)(H,24,25)(H2,14,17,20)/b19-4+/t5-,10?/m1/s1. The van der Waals surface area contributed by atoms with E-state index in [2.05, 4.69) is 30.0 Å². The van der Waals surface area contributed by atoms with Crippen LogP contribution in [0.5, 0.6) is 0 Å². The first kappa shape index (κ1) is 20.5. The average Bonchev–Trinajstić information content (AvgIpc) is 3.38. The summed E-state index contributed by atoms with van der Waals surface area (Å²) in [5.41, 5.74) is 6.33. The summed E-state index contributed by atoms with van der Waals surface area (Å²) in [6, 6.07) is -1.00. The number of carboxylic acids is 1. The Morgan fingerprint density at radius 1 is 1.43 bits per heavy atom. The highest BCUT2D eigenvalue weighted by Crippen LogP contribution is 2.45. The normalized spacial score (nSPS) is 21.3. The molecule has 2 aliphatic heterocycles. The van der Waals surface area contributed by atoms with Crippen molar-refractivity contribution >= 4 is 75.0 Å². The number of aliphatic carboxylic acids is 1. The Bertz CT molecular complexity index is 1080. The van der Waals surface area contributed by atoms with Gasteiger partial charge in [0.2, 0.25) is 11.5 Å². The lowest BCUT2D eigenvalue weighted by Crippen LogP contribution is -2.71. The third-order valence-electron chi connectivity index (χ3n) is 3.94. The molecule has 2 atom stereocenters. The first-order valence-electron chi connectivity index (χ1n) is 7.88. The van der Waals surface area contributed by atoms with Crippen molar-refractivity contribution in [1.29, 1.82) is 0 Å². The molecule has 17 heteroatoms. The van der Waals surface area contributed by atoms with Crippen LogP contribution in [-0.4, -0.2) is 75.4 Å². The number of nitrogens with zero attached hydrogens (tertiary/aromatic N) is 6. The number of anilines is 1. The monoisotopic (exact) mass is 486 g/mol. The SMILES string of the molecule is Nc1nc(/C(=N\O)C(=O)N[C@@H]2C(=O)N3C(C(=O)O)=C(Sc4nncs4)CSC23)ns1. The van der Waals surface area contributed by atoms with Crippen molar-refractivity contribution < 1.29 is 24.7 Å². The predicted octanol–water partition coefficient (Wildman–Crippen LogP) is -0.361. The topological polar surface area (TPSA) is 197 Å². The van der Waals surface area contributed by atoms with Gasteiger partial charge in [0, 0.05) is 22.2 Å². The highest BCUT2D eigenvalue weighted by atomic mass is 32.2. The molecule has 13 nitrogen and oxygen atoms in total. The van der Waals surface area contributed by atoms with E-state index in [-0.39, 0.29) is 16.7 Å². The summed E-state index contributed by atoms with van der Waals surface area (Å²) in [6.07, 6.45) is 0.